The van der Waals surface area contributed by atoms with E-state index in [0.717, 1.165) is 12.1 Å². The van der Waals surface area contributed by atoms with Gasteiger partial charge in [0.15, 0.2) is 11.6 Å². The molecule has 5 heteroatoms. The quantitative estimate of drug-likeness (QED) is 0.924. The van der Waals surface area contributed by atoms with Crippen LogP contribution in [0.3, 0.4) is 0 Å². The molecule has 108 valence electrons. The molecule has 2 aromatic carbocycles. The van der Waals surface area contributed by atoms with E-state index in [9.17, 15) is 8.78 Å². The van der Waals surface area contributed by atoms with Crippen molar-refractivity contribution in [2.24, 2.45) is 0 Å². The van der Waals surface area contributed by atoms with E-state index in [1.165, 1.54) is 13.2 Å². The molecule has 0 saturated heterocycles. The van der Waals surface area contributed by atoms with Crippen molar-refractivity contribution in [3.8, 4) is 11.8 Å². The molecule has 1 unspecified atom stereocenters. The minimum Gasteiger partial charge on any atom is -0.495 e. The smallest absolute Gasteiger partial charge is 0.159 e. The Morgan fingerprint density at radius 2 is 1.95 bits per heavy atom. The number of anilines is 1. The topological polar surface area (TPSA) is 45.0 Å². The van der Waals surface area contributed by atoms with E-state index in [0.29, 0.717) is 22.6 Å². The monoisotopic (exact) mass is 288 g/mol. The van der Waals surface area contributed by atoms with E-state index in [1.807, 2.05) is 0 Å². The van der Waals surface area contributed by atoms with E-state index >= 15 is 0 Å². The Kier molecular flexibility index (Phi) is 4.39. The molecule has 0 amide bonds. The number of para-hydroxylation sites is 1. The van der Waals surface area contributed by atoms with Gasteiger partial charge in [-0.3, -0.25) is 0 Å². The van der Waals surface area contributed by atoms with Crippen LogP contribution >= 0.6 is 0 Å². The van der Waals surface area contributed by atoms with Gasteiger partial charge in [-0.1, -0.05) is 12.1 Å². The van der Waals surface area contributed by atoms with Gasteiger partial charge in [-0.25, -0.2) is 8.78 Å². The van der Waals surface area contributed by atoms with Crippen molar-refractivity contribution in [3.05, 3.63) is 59.2 Å². The minimum absolute atomic E-state index is 0.316. The number of hydrogen-bond acceptors (Lipinski definition) is 3. The zero-order chi connectivity index (χ0) is 15.4. The lowest BCUT2D eigenvalue weighted by Gasteiger charge is -2.19. The molecule has 3 nitrogen and oxygen atoms in total. The van der Waals surface area contributed by atoms with Gasteiger partial charge in [0.25, 0.3) is 0 Å². The Balaban J connectivity index is 2.33. The fourth-order valence-electron chi connectivity index (χ4n) is 2.02. The first-order valence-corrected chi connectivity index (χ1v) is 6.35. The predicted octanol–water partition coefficient (Wildman–Crippen LogP) is 4.02. The number of rotatable bonds is 4. The Bertz CT molecular complexity index is 695. The first-order valence-electron chi connectivity index (χ1n) is 6.35. The Morgan fingerprint density at radius 1 is 1.19 bits per heavy atom. The fourth-order valence-corrected chi connectivity index (χ4v) is 2.02. The third kappa shape index (κ3) is 3.11. The zero-order valence-corrected chi connectivity index (χ0v) is 11.7. The van der Waals surface area contributed by atoms with E-state index in [2.05, 4.69) is 11.4 Å². The molecule has 0 aliphatic rings. The molecule has 0 aromatic heterocycles. The third-order valence-corrected chi connectivity index (χ3v) is 3.17. The van der Waals surface area contributed by atoms with Gasteiger partial charge < -0.3 is 10.1 Å². The lowest BCUT2D eigenvalue weighted by Crippen LogP contribution is -2.09. The summed E-state index contributed by atoms with van der Waals surface area (Å²) in [6.45, 7) is 1.79. The Hall–Kier alpha value is -2.61. The van der Waals surface area contributed by atoms with Gasteiger partial charge in [0.2, 0.25) is 0 Å². The summed E-state index contributed by atoms with van der Waals surface area (Å²) < 4.78 is 31.5. The molecule has 0 radical (unpaired) electrons. The molecule has 0 fully saturated rings. The number of methoxy groups -OCH3 is 1. The Labute approximate surface area is 121 Å². The van der Waals surface area contributed by atoms with Crippen molar-refractivity contribution in [2.75, 3.05) is 12.4 Å². The van der Waals surface area contributed by atoms with Crippen LogP contribution in [0, 0.1) is 23.0 Å². The molecule has 1 atom stereocenters. The largest absolute Gasteiger partial charge is 0.495 e. The van der Waals surface area contributed by atoms with Gasteiger partial charge >= 0.3 is 0 Å². The summed E-state index contributed by atoms with van der Waals surface area (Å²) in [5.41, 5.74) is 1.52. The summed E-state index contributed by atoms with van der Waals surface area (Å²) in [5, 5.41) is 12.3. The number of nitrogens with zero attached hydrogens (tertiary/aromatic N) is 1. The standard InChI is InChI=1S/C16H14F2N2O/c1-10(11-6-7-13(17)14(18)8-11)20-16-12(9-19)4-3-5-15(16)21-2/h3-8,10,20H,1-2H3. The van der Waals surface area contributed by atoms with Gasteiger partial charge in [-0.15, -0.1) is 0 Å². The summed E-state index contributed by atoms with van der Waals surface area (Å²) in [4.78, 5) is 0. The maximum Gasteiger partial charge on any atom is 0.159 e. The van der Waals surface area contributed by atoms with Crippen molar-refractivity contribution >= 4 is 5.69 Å². The van der Waals surface area contributed by atoms with Gasteiger partial charge in [-0.05, 0) is 36.8 Å². The number of nitrogens with one attached hydrogen (secondary N) is 1. The number of benzene rings is 2. The maximum atomic E-state index is 13.3. The highest BCUT2D eigenvalue weighted by molar-refractivity contribution is 5.67. The van der Waals surface area contributed by atoms with Crippen LogP contribution in [0.1, 0.15) is 24.1 Å². The average molecular weight is 288 g/mol. The van der Waals surface area contributed by atoms with Crippen LogP contribution < -0.4 is 10.1 Å². The van der Waals surface area contributed by atoms with E-state index in [4.69, 9.17) is 10.00 Å². The van der Waals surface area contributed by atoms with E-state index in [-0.39, 0.29) is 6.04 Å². The molecular formula is C16H14F2N2O. The number of hydrogen-bond donors (Lipinski definition) is 1. The first-order chi connectivity index (χ1) is 10.1. The highest BCUT2D eigenvalue weighted by Gasteiger charge is 2.14. The first kappa shape index (κ1) is 14.8. The second-order valence-corrected chi connectivity index (χ2v) is 4.53. The van der Waals surface area contributed by atoms with Crippen LogP contribution in [0.15, 0.2) is 36.4 Å². The molecule has 0 aliphatic heterocycles. The van der Waals surface area contributed by atoms with Gasteiger partial charge in [-0.2, -0.15) is 5.26 Å². The van der Waals surface area contributed by atoms with Crippen LogP contribution in [0.2, 0.25) is 0 Å². The van der Waals surface area contributed by atoms with Crippen molar-refractivity contribution < 1.29 is 13.5 Å². The number of ether oxygens (including phenoxy) is 1. The fraction of sp³-hybridized carbons (Fsp3) is 0.188. The molecule has 2 aromatic rings. The minimum atomic E-state index is -0.901. The highest BCUT2D eigenvalue weighted by Crippen LogP contribution is 2.31. The molecule has 0 bridgehead atoms. The van der Waals surface area contributed by atoms with Crippen molar-refractivity contribution in [2.45, 2.75) is 13.0 Å². The maximum absolute atomic E-state index is 13.3. The third-order valence-electron chi connectivity index (χ3n) is 3.17. The van der Waals surface area contributed by atoms with Crippen LogP contribution in [-0.2, 0) is 0 Å². The van der Waals surface area contributed by atoms with Crippen LogP contribution in [-0.4, -0.2) is 7.11 Å². The molecular weight excluding hydrogens is 274 g/mol. The normalized spacial score (nSPS) is 11.6. The summed E-state index contributed by atoms with van der Waals surface area (Å²) >= 11 is 0. The van der Waals surface area contributed by atoms with Crippen LogP contribution in [0.4, 0.5) is 14.5 Å². The number of nitriles is 1. The summed E-state index contributed by atoms with van der Waals surface area (Å²) in [6.07, 6.45) is 0. The van der Waals surface area contributed by atoms with Crippen LogP contribution in [0.5, 0.6) is 5.75 Å². The molecule has 0 aliphatic carbocycles. The highest BCUT2D eigenvalue weighted by atomic mass is 19.2. The molecule has 21 heavy (non-hydrogen) atoms. The second kappa shape index (κ2) is 6.23. The molecule has 1 N–H and O–H groups in total. The summed E-state index contributed by atoms with van der Waals surface area (Å²) in [6, 6.07) is 10.6. The summed E-state index contributed by atoms with van der Waals surface area (Å²) in [7, 11) is 1.50. The van der Waals surface area contributed by atoms with Gasteiger partial charge in [0, 0.05) is 6.04 Å². The van der Waals surface area contributed by atoms with Crippen LogP contribution in [0.25, 0.3) is 0 Å². The molecule has 0 heterocycles. The molecule has 2 rings (SSSR count). The number of halogens is 2. The summed E-state index contributed by atoms with van der Waals surface area (Å²) in [5.74, 6) is -1.27. The zero-order valence-electron chi connectivity index (χ0n) is 11.7. The lowest BCUT2D eigenvalue weighted by atomic mass is 10.1. The van der Waals surface area contributed by atoms with Crippen molar-refractivity contribution in [3.63, 3.8) is 0 Å². The predicted molar refractivity (Wildman–Crippen MR) is 76.1 cm³/mol. The van der Waals surface area contributed by atoms with E-state index < -0.39 is 11.6 Å². The lowest BCUT2D eigenvalue weighted by molar-refractivity contribution is 0.416. The van der Waals surface area contributed by atoms with Gasteiger partial charge in [0.1, 0.15) is 11.8 Å². The van der Waals surface area contributed by atoms with Gasteiger partial charge in [0.05, 0.1) is 18.4 Å². The SMILES string of the molecule is COc1cccc(C#N)c1NC(C)c1ccc(F)c(F)c1. The molecule has 0 saturated carbocycles. The second-order valence-electron chi connectivity index (χ2n) is 4.53. The molecule has 0 spiro atoms. The Morgan fingerprint density at radius 3 is 2.57 bits per heavy atom. The average Bonchev–Trinajstić information content (AvgIpc) is 2.50. The van der Waals surface area contributed by atoms with E-state index in [1.54, 1.807) is 25.1 Å². The van der Waals surface area contributed by atoms with Crippen molar-refractivity contribution in [1.29, 1.82) is 5.26 Å². The van der Waals surface area contributed by atoms with Crippen molar-refractivity contribution in [1.82, 2.24) is 0 Å².